The van der Waals surface area contributed by atoms with Crippen LogP contribution in [-0.2, 0) is 4.43 Å². The Morgan fingerprint density at radius 3 is 3.07 bits per heavy atom. The number of aromatic amines is 1. The van der Waals surface area contributed by atoms with Gasteiger partial charge in [-0.05, 0) is 6.07 Å². The fourth-order valence-electron chi connectivity index (χ4n) is 1.35. The molecule has 14 heavy (non-hydrogen) atoms. The highest BCUT2D eigenvalue weighted by molar-refractivity contribution is 14.1. The van der Waals surface area contributed by atoms with Crippen LogP contribution < -0.4 is 0 Å². The van der Waals surface area contributed by atoms with Crippen LogP contribution in [0.4, 0.5) is 5.69 Å². The number of hydrogen-bond acceptors (Lipinski definition) is 3. The number of nitrogens with zero attached hydrogens (tertiary/aromatic N) is 2. The molecule has 0 unspecified atom stereocenters. The highest BCUT2D eigenvalue weighted by atomic mass is 127. The third-order valence-corrected chi connectivity index (χ3v) is 2.77. The lowest BCUT2D eigenvalue weighted by Gasteiger charge is -1.99. The van der Waals surface area contributed by atoms with Crippen molar-refractivity contribution in [3.63, 3.8) is 0 Å². The molecule has 6 heteroatoms. The number of alkyl halides is 1. The maximum atomic E-state index is 10.7. The van der Waals surface area contributed by atoms with E-state index in [0.29, 0.717) is 10.1 Å². The summed E-state index contributed by atoms with van der Waals surface area (Å²) >= 11 is 2.11. The Labute approximate surface area is 92.8 Å². The highest BCUT2D eigenvalue weighted by Crippen LogP contribution is 2.27. The summed E-state index contributed by atoms with van der Waals surface area (Å²) in [6, 6.07) is 1.81. The monoisotopic (exact) mass is 303 g/mol. The average molecular weight is 303 g/mol. The lowest BCUT2D eigenvalue weighted by atomic mass is 10.2. The Bertz CT molecular complexity index is 494. The normalized spacial score (nSPS) is 10.6. The van der Waals surface area contributed by atoms with Crippen molar-refractivity contribution in [1.29, 1.82) is 0 Å². The number of halogens is 1. The molecule has 0 fully saturated rings. The summed E-state index contributed by atoms with van der Waals surface area (Å²) in [5, 5.41) is 11.5. The molecule has 0 spiro atoms. The average Bonchev–Trinajstić information content (AvgIpc) is 2.63. The molecule has 2 heterocycles. The molecule has 0 atom stereocenters. The van der Waals surface area contributed by atoms with Gasteiger partial charge in [-0.2, -0.15) is 0 Å². The van der Waals surface area contributed by atoms with Crippen LogP contribution in [0.5, 0.6) is 0 Å². The Morgan fingerprint density at radius 1 is 1.64 bits per heavy atom. The molecular weight excluding hydrogens is 297 g/mol. The van der Waals surface area contributed by atoms with Gasteiger partial charge in [-0.1, -0.05) is 22.6 Å². The van der Waals surface area contributed by atoms with Crippen molar-refractivity contribution in [2.45, 2.75) is 4.43 Å². The van der Waals surface area contributed by atoms with Crippen LogP contribution in [0.15, 0.2) is 18.5 Å². The maximum absolute atomic E-state index is 10.7. The summed E-state index contributed by atoms with van der Waals surface area (Å²) < 4.78 is 0.602. The van der Waals surface area contributed by atoms with Crippen molar-refractivity contribution >= 4 is 39.3 Å². The van der Waals surface area contributed by atoms with Gasteiger partial charge in [0.15, 0.2) is 0 Å². The molecule has 0 saturated carbocycles. The Morgan fingerprint density at radius 2 is 2.43 bits per heavy atom. The van der Waals surface area contributed by atoms with Crippen LogP contribution in [-0.4, -0.2) is 14.9 Å². The van der Waals surface area contributed by atoms with Crippen LogP contribution >= 0.6 is 22.6 Å². The second-order valence-corrected chi connectivity index (χ2v) is 3.52. The minimum atomic E-state index is -0.395. The number of nitro groups is 1. The number of pyridine rings is 1. The molecule has 72 valence electrons. The summed E-state index contributed by atoms with van der Waals surface area (Å²) in [6.07, 6.45) is 3.03. The van der Waals surface area contributed by atoms with E-state index in [2.05, 4.69) is 32.6 Å². The van der Waals surface area contributed by atoms with Gasteiger partial charge < -0.3 is 4.98 Å². The zero-order chi connectivity index (χ0) is 10.1. The zero-order valence-electron chi connectivity index (χ0n) is 7.03. The van der Waals surface area contributed by atoms with E-state index < -0.39 is 4.92 Å². The first-order valence-corrected chi connectivity index (χ1v) is 5.42. The largest absolute Gasteiger partial charge is 0.346 e. The molecule has 0 aromatic carbocycles. The number of rotatable bonds is 2. The fourth-order valence-corrected chi connectivity index (χ4v) is 2.15. The third kappa shape index (κ3) is 1.35. The predicted molar refractivity (Wildman–Crippen MR) is 60.5 cm³/mol. The van der Waals surface area contributed by atoms with Crippen LogP contribution in [0.1, 0.15) is 5.56 Å². The van der Waals surface area contributed by atoms with E-state index in [1.165, 1.54) is 6.20 Å². The van der Waals surface area contributed by atoms with Crippen molar-refractivity contribution < 1.29 is 4.92 Å². The Hall–Kier alpha value is -1.18. The molecule has 1 N–H and O–H groups in total. The van der Waals surface area contributed by atoms with E-state index in [-0.39, 0.29) is 5.69 Å². The first-order valence-electron chi connectivity index (χ1n) is 3.89. The van der Waals surface area contributed by atoms with Crippen molar-refractivity contribution in [1.82, 2.24) is 9.97 Å². The van der Waals surface area contributed by atoms with E-state index in [1.807, 2.05) is 6.07 Å². The lowest BCUT2D eigenvalue weighted by Crippen LogP contribution is -1.95. The quantitative estimate of drug-likeness (QED) is 0.401. The molecule has 5 nitrogen and oxygen atoms in total. The molecular formula is C8H6IN3O2. The predicted octanol–water partition coefficient (Wildman–Crippen LogP) is 2.41. The van der Waals surface area contributed by atoms with E-state index >= 15 is 0 Å². The lowest BCUT2D eigenvalue weighted by molar-refractivity contribution is -0.385. The first-order chi connectivity index (χ1) is 6.74. The fraction of sp³-hybridized carbons (Fsp3) is 0.125. The van der Waals surface area contributed by atoms with Crippen molar-refractivity contribution in [3.8, 4) is 0 Å². The van der Waals surface area contributed by atoms with Gasteiger partial charge in [0.2, 0.25) is 0 Å². The second-order valence-electron chi connectivity index (χ2n) is 2.75. The number of hydrogen-bond donors (Lipinski definition) is 1. The van der Waals surface area contributed by atoms with Gasteiger partial charge in [-0.15, -0.1) is 0 Å². The van der Waals surface area contributed by atoms with E-state index in [4.69, 9.17) is 0 Å². The number of nitrogens with one attached hydrogen (secondary N) is 1. The molecule has 0 amide bonds. The maximum Gasteiger partial charge on any atom is 0.292 e. The third-order valence-electron chi connectivity index (χ3n) is 2.01. The van der Waals surface area contributed by atoms with Crippen LogP contribution in [0.3, 0.4) is 0 Å². The van der Waals surface area contributed by atoms with E-state index in [0.717, 1.165) is 10.9 Å². The first kappa shape index (κ1) is 9.38. The van der Waals surface area contributed by atoms with E-state index in [9.17, 15) is 10.1 Å². The summed E-state index contributed by atoms with van der Waals surface area (Å²) in [6.45, 7) is 0. The van der Waals surface area contributed by atoms with Crippen molar-refractivity contribution in [2.75, 3.05) is 0 Å². The van der Waals surface area contributed by atoms with Crippen LogP contribution in [0.2, 0.25) is 0 Å². The number of H-pyrrole nitrogens is 1. The summed E-state index contributed by atoms with van der Waals surface area (Å²) in [7, 11) is 0. The standard InChI is InChI=1S/C8H6IN3O2/c9-3-6-5-1-2-10-8(5)11-4-7(6)12(13)14/h1-2,4H,3H2,(H,10,11). The van der Waals surface area contributed by atoms with Gasteiger partial charge >= 0.3 is 0 Å². The topological polar surface area (TPSA) is 71.8 Å². The van der Waals surface area contributed by atoms with Gasteiger partial charge in [0.1, 0.15) is 11.8 Å². The van der Waals surface area contributed by atoms with Gasteiger partial charge in [-0.25, -0.2) is 4.98 Å². The zero-order valence-corrected chi connectivity index (χ0v) is 9.19. The summed E-state index contributed by atoms with van der Waals surface area (Å²) in [5.41, 5.74) is 1.51. The van der Waals surface area contributed by atoms with Crippen molar-refractivity contribution in [3.05, 3.63) is 34.1 Å². The Balaban J connectivity index is 2.78. The minimum absolute atomic E-state index is 0.0894. The van der Waals surface area contributed by atoms with Gasteiger partial charge in [0.05, 0.1) is 10.5 Å². The molecule has 0 aliphatic rings. The summed E-state index contributed by atoms with van der Waals surface area (Å²) in [5.74, 6) is 0. The number of aromatic nitrogens is 2. The van der Waals surface area contributed by atoms with Gasteiger partial charge in [0.25, 0.3) is 5.69 Å². The SMILES string of the molecule is O=[N+]([O-])c1cnc2[nH]ccc2c1CI. The molecule has 2 aromatic rings. The van der Waals surface area contributed by atoms with Gasteiger partial charge in [-0.3, -0.25) is 10.1 Å². The van der Waals surface area contributed by atoms with Crippen LogP contribution in [0.25, 0.3) is 11.0 Å². The Kier molecular flexibility index (Phi) is 2.36. The van der Waals surface area contributed by atoms with Crippen molar-refractivity contribution in [2.24, 2.45) is 0 Å². The van der Waals surface area contributed by atoms with E-state index in [1.54, 1.807) is 6.20 Å². The molecule has 0 radical (unpaired) electrons. The minimum Gasteiger partial charge on any atom is -0.346 e. The molecule has 0 aliphatic carbocycles. The van der Waals surface area contributed by atoms with Gasteiger partial charge in [0, 0.05) is 16.0 Å². The summed E-state index contributed by atoms with van der Waals surface area (Å²) in [4.78, 5) is 17.2. The molecule has 0 saturated heterocycles. The van der Waals surface area contributed by atoms with Crippen LogP contribution in [0, 0.1) is 10.1 Å². The number of fused-ring (bicyclic) bond motifs is 1. The molecule has 2 rings (SSSR count). The highest BCUT2D eigenvalue weighted by Gasteiger charge is 2.16. The molecule has 0 aliphatic heterocycles. The second kappa shape index (κ2) is 3.52. The smallest absolute Gasteiger partial charge is 0.292 e. The molecule has 0 bridgehead atoms. The molecule has 2 aromatic heterocycles.